The van der Waals surface area contributed by atoms with E-state index in [-0.39, 0.29) is 5.56 Å². The third kappa shape index (κ3) is 2.91. The largest absolute Gasteiger partial charge is 0.317 e. The predicted octanol–water partition coefficient (Wildman–Crippen LogP) is 5.39. The molecule has 29 heavy (non-hydrogen) atoms. The van der Waals surface area contributed by atoms with Gasteiger partial charge in [0.25, 0.3) is 5.56 Å². The molecule has 0 aliphatic heterocycles. The minimum atomic E-state index is -0.0287. The van der Waals surface area contributed by atoms with Crippen molar-refractivity contribution >= 4 is 65.3 Å². The van der Waals surface area contributed by atoms with Crippen LogP contribution in [0.3, 0.4) is 0 Å². The third-order valence-corrected chi connectivity index (χ3v) is 7.62. The minimum Gasteiger partial charge on any atom is -0.317 e. The molecule has 5 aromatic rings. The van der Waals surface area contributed by atoms with Crippen molar-refractivity contribution < 1.29 is 0 Å². The molecule has 0 amide bonds. The first kappa shape index (κ1) is 18.8. The van der Waals surface area contributed by atoms with Gasteiger partial charge in [-0.3, -0.25) is 4.79 Å². The molecule has 0 aliphatic carbocycles. The molecular formula is C22H15Br2N3OS. The Labute approximate surface area is 187 Å². The fourth-order valence-electron chi connectivity index (χ4n) is 3.71. The second-order valence-corrected chi connectivity index (χ2v) is 9.56. The maximum absolute atomic E-state index is 13.1. The molecular weight excluding hydrogens is 514 g/mol. The molecule has 4 nitrogen and oxygen atoms in total. The molecule has 0 N–H and O–H groups in total. The lowest BCUT2D eigenvalue weighted by molar-refractivity contribution is 0.961. The number of rotatable bonds is 2. The Balaban J connectivity index is 1.74. The average Bonchev–Trinajstić information content (AvgIpc) is 3.29. The number of thiazole rings is 1. The Kier molecular flexibility index (Phi) is 4.49. The van der Waals surface area contributed by atoms with Crippen LogP contribution < -0.4 is 10.1 Å². The second kappa shape index (κ2) is 6.93. The van der Waals surface area contributed by atoms with Crippen molar-refractivity contribution in [3.63, 3.8) is 0 Å². The van der Waals surface area contributed by atoms with Crippen LogP contribution >= 0.6 is 43.2 Å². The van der Waals surface area contributed by atoms with Crippen molar-refractivity contribution in [1.29, 1.82) is 0 Å². The summed E-state index contributed by atoms with van der Waals surface area (Å²) in [6, 6.07) is 15.9. The monoisotopic (exact) mass is 527 g/mol. The molecule has 5 rings (SSSR count). The summed E-state index contributed by atoms with van der Waals surface area (Å²) in [5.41, 5.74) is 5.93. The lowest BCUT2D eigenvalue weighted by Gasteiger charge is -2.09. The fraction of sp³-hybridized carbons (Fsp3) is 0.0909. The highest BCUT2D eigenvalue weighted by atomic mass is 79.9. The van der Waals surface area contributed by atoms with E-state index in [4.69, 9.17) is 0 Å². The summed E-state index contributed by atoms with van der Waals surface area (Å²) in [6.07, 6.45) is 1.97. The first-order chi connectivity index (χ1) is 14.0. The van der Waals surface area contributed by atoms with Crippen molar-refractivity contribution in [2.45, 2.75) is 13.8 Å². The van der Waals surface area contributed by atoms with Crippen LogP contribution in [0.5, 0.6) is 0 Å². The molecule has 0 atom stereocenters. The van der Waals surface area contributed by atoms with Crippen LogP contribution in [0.2, 0.25) is 0 Å². The Morgan fingerprint density at radius 1 is 1.00 bits per heavy atom. The summed E-state index contributed by atoms with van der Waals surface area (Å²) in [5, 5.41) is 0. The topological polar surface area (TPSA) is 39.3 Å². The van der Waals surface area contributed by atoms with Gasteiger partial charge < -0.3 is 4.57 Å². The number of hydrogen-bond donors (Lipinski definition) is 0. The number of benzene rings is 2. The van der Waals surface area contributed by atoms with Crippen LogP contribution in [0, 0.1) is 13.8 Å². The zero-order valence-corrected chi connectivity index (χ0v) is 19.6. The molecule has 144 valence electrons. The molecule has 2 aromatic carbocycles. The normalized spacial score (nSPS) is 12.5. The highest BCUT2D eigenvalue weighted by molar-refractivity contribution is 9.10. The lowest BCUT2D eigenvalue weighted by Crippen LogP contribution is -2.22. The molecule has 0 aliphatic rings. The second-order valence-electron chi connectivity index (χ2n) is 6.84. The van der Waals surface area contributed by atoms with Gasteiger partial charge in [-0.25, -0.2) is 9.38 Å². The van der Waals surface area contributed by atoms with E-state index in [0.717, 1.165) is 47.6 Å². The summed E-state index contributed by atoms with van der Waals surface area (Å²) < 4.78 is 6.61. The summed E-state index contributed by atoms with van der Waals surface area (Å²) in [7, 11) is 0. The summed E-state index contributed by atoms with van der Waals surface area (Å²) in [5.74, 6) is 0. The molecule has 7 heteroatoms. The average molecular weight is 529 g/mol. The third-order valence-electron chi connectivity index (χ3n) is 5.12. The van der Waals surface area contributed by atoms with Gasteiger partial charge in [-0.05, 0) is 72.3 Å². The molecule has 3 aromatic heterocycles. The van der Waals surface area contributed by atoms with E-state index in [2.05, 4.69) is 67.4 Å². The van der Waals surface area contributed by atoms with E-state index < -0.39 is 0 Å². The lowest BCUT2D eigenvalue weighted by atomic mass is 10.2. The van der Waals surface area contributed by atoms with Crippen molar-refractivity contribution in [3.8, 4) is 5.69 Å². The van der Waals surface area contributed by atoms with Gasteiger partial charge >= 0.3 is 0 Å². The van der Waals surface area contributed by atoms with E-state index in [0.29, 0.717) is 4.53 Å². The highest BCUT2D eigenvalue weighted by Crippen LogP contribution is 2.31. The Morgan fingerprint density at radius 2 is 1.72 bits per heavy atom. The zero-order valence-electron chi connectivity index (χ0n) is 15.6. The fourth-order valence-corrected chi connectivity index (χ4v) is 5.52. The van der Waals surface area contributed by atoms with Crippen LogP contribution in [0.25, 0.3) is 27.8 Å². The maximum Gasteiger partial charge on any atom is 0.274 e. The van der Waals surface area contributed by atoms with Gasteiger partial charge in [0.2, 0.25) is 0 Å². The van der Waals surface area contributed by atoms with E-state index in [1.54, 1.807) is 4.40 Å². The molecule has 0 saturated carbocycles. The van der Waals surface area contributed by atoms with Crippen molar-refractivity contribution in [2.24, 2.45) is 0 Å². The number of nitrogens with zero attached hydrogens (tertiary/aromatic N) is 3. The van der Waals surface area contributed by atoms with E-state index in [9.17, 15) is 4.79 Å². The number of fused-ring (bicyclic) bond motifs is 3. The Hall–Kier alpha value is -2.22. The summed E-state index contributed by atoms with van der Waals surface area (Å²) >= 11 is 8.65. The number of aromatic nitrogens is 3. The van der Waals surface area contributed by atoms with Gasteiger partial charge in [0.05, 0.1) is 15.6 Å². The first-order valence-electron chi connectivity index (χ1n) is 9.01. The van der Waals surface area contributed by atoms with Gasteiger partial charge in [0, 0.05) is 31.6 Å². The van der Waals surface area contributed by atoms with Crippen LogP contribution in [0.4, 0.5) is 0 Å². The van der Waals surface area contributed by atoms with Gasteiger partial charge in [-0.2, -0.15) is 0 Å². The van der Waals surface area contributed by atoms with Crippen LogP contribution in [0.15, 0.2) is 62.3 Å². The van der Waals surface area contributed by atoms with Gasteiger partial charge in [-0.15, -0.1) is 0 Å². The molecule has 0 unspecified atom stereocenters. The SMILES string of the molecule is Cc1c(Br)c(/C=c2\sc3nc4ccccc4n3c2=O)c(C)n1-c1ccc(Br)cc1. The zero-order chi connectivity index (χ0) is 20.3. The number of hydrogen-bond acceptors (Lipinski definition) is 3. The van der Waals surface area contributed by atoms with Gasteiger partial charge in [0.1, 0.15) is 0 Å². The molecule has 0 radical (unpaired) electrons. The number of imidazole rings is 1. The molecule has 3 heterocycles. The van der Waals surface area contributed by atoms with Crippen molar-refractivity contribution in [1.82, 2.24) is 14.0 Å². The van der Waals surface area contributed by atoms with Gasteiger partial charge in [0.15, 0.2) is 4.96 Å². The van der Waals surface area contributed by atoms with Crippen LogP contribution in [-0.2, 0) is 0 Å². The molecule has 0 spiro atoms. The maximum atomic E-state index is 13.1. The predicted molar refractivity (Wildman–Crippen MR) is 126 cm³/mol. The standard InChI is InChI=1S/C22H15Br2N3OS/c1-12-16(20(24)13(2)26(12)15-9-7-14(23)8-10-15)11-19-21(28)27-18-6-4-3-5-17(18)25-22(27)29-19/h3-11H,1-2H3/b19-11-. The first-order valence-corrected chi connectivity index (χ1v) is 11.4. The smallest absolute Gasteiger partial charge is 0.274 e. The van der Waals surface area contributed by atoms with Crippen molar-refractivity contribution in [2.75, 3.05) is 0 Å². The molecule has 0 bridgehead atoms. The van der Waals surface area contributed by atoms with Crippen LogP contribution in [-0.4, -0.2) is 14.0 Å². The van der Waals surface area contributed by atoms with Gasteiger partial charge in [-0.1, -0.05) is 39.4 Å². The summed E-state index contributed by atoms with van der Waals surface area (Å²) in [4.78, 5) is 18.4. The Bertz CT molecular complexity index is 1510. The molecule has 0 saturated heterocycles. The summed E-state index contributed by atoms with van der Waals surface area (Å²) in [6.45, 7) is 4.15. The quantitative estimate of drug-likeness (QED) is 0.308. The minimum absolute atomic E-state index is 0.0287. The highest BCUT2D eigenvalue weighted by Gasteiger charge is 2.17. The number of halogens is 2. The molecule has 0 fully saturated rings. The Morgan fingerprint density at radius 3 is 2.48 bits per heavy atom. The van der Waals surface area contributed by atoms with Crippen LogP contribution in [0.1, 0.15) is 17.0 Å². The number of para-hydroxylation sites is 2. The van der Waals surface area contributed by atoms with Crippen molar-refractivity contribution in [3.05, 3.63) is 89.3 Å². The van der Waals surface area contributed by atoms with E-state index in [1.807, 2.05) is 42.5 Å². The van der Waals surface area contributed by atoms with E-state index in [1.165, 1.54) is 11.3 Å². The van der Waals surface area contributed by atoms with E-state index >= 15 is 0 Å².